The van der Waals surface area contributed by atoms with Gasteiger partial charge in [-0.05, 0) is 49.4 Å². The van der Waals surface area contributed by atoms with Gasteiger partial charge in [-0.3, -0.25) is 4.79 Å². The number of carbonyl (C=O) groups excluding carboxylic acids is 1. The predicted octanol–water partition coefficient (Wildman–Crippen LogP) is 5.15. The molecule has 0 unspecified atom stereocenters. The number of rotatable bonds is 4. The Balaban J connectivity index is 1.83. The number of anilines is 2. The zero-order chi connectivity index (χ0) is 21.9. The number of amides is 1. The molecule has 0 spiro atoms. The number of likely N-dealkylation sites (N-methyl/N-ethyl adjacent to an activating group) is 1. The molecular weight excluding hydrogens is 415 g/mol. The SMILES string of the molecule is C/C(=C/C(=O)Nc1ccc(N2CCN(C)CC2)cc1C(F)(F)F)c1ccccc1Cl. The van der Waals surface area contributed by atoms with Crippen molar-refractivity contribution in [1.29, 1.82) is 0 Å². The van der Waals surface area contributed by atoms with Crippen molar-refractivity contribution in [2.45, 2.75) is 13.1 Å². The van der Waals surface area contributed by atoms with Gasteiger partial charge in [-0.15, -0.1) is 0 Å². The summed E-state index contributed by atoms with van der Waals surface area (Å²) in [6, 6.07) is 11.0. The molecule has 8 heteroatoms. The van der Waals surface area contributed by atoms with E-state index in [0.29, 0.717) is 34.9 Å². The number of carbonyl (C=O) groups is 1. The van der Waals surface area contributed by atoms with Crippen molar-refractivity contribution < 1.29 is 18.0 Å². The van der Waals surface area contributed by atoms with E-state index < -0.39 is 17.6 Å². The lowest BCUT2D eigenvalue weighted by atomic mass is 10.1. The Morgan fingerprint density at radius 1 is 1.10 bits per heavy atom. The summed E-state index contributed by atoms with van der Waals surface area (Å²) < 4.78 is 41.0. The van der Waals surface area contributed by atoms with Gasteiger partial charge < -0.3 is 15.1 Å². The molecule has 30 heavy (non-hydrogen) atoms. The molecular formula is C22H23ClF3N3O. The second-order valence-electron chi connectivity index (χ2n) is 7.31. The maximum atomic E-state index is 13.7. The smallest absolute Gasteiger partial charge is 0.369 e. The molecule has 2 aromatic carbocycles. The molecule has 0 atom stereocenters. The van der Waals surface area contributed by atoms with E-state index in [1.54, 1.807) is 37.3 Å². The normalized spacial score (nSPS) is 15.9. The second kappa shape index (κ2) is 9.10. The average Bonchev–Trinajstić information content (AvgIpc) is 2.68. The van der Waals surface area contributed by atoms with Crippen LogP contribution in [0.1, 0.15) is 18.1 Å². The molecule has 1 fully saturated rings. The van der Waals surface area contributed by atoms with Crippen LogP contribution in [-0.2, 0) is 11.0 Å². The molecule has 2 aromatic rings. The number of nitrogens with one attached hydrogen (secondary N) is 1. The highest BCUT2D eigenvalue weighted by molar-refractivity contribution is 6.32. The van der Waals surface area contributed by atoms with Crippen LogP contribution < -0.4 is 10.2 Å². The summed E-state index contributed by atoms with van der Waals surface area (Å²) in [5.41, 5.74) is 0.567. The first-order chi connectivity index (χ1) is 14.1. The van der Waals surface area contributed by atoms with Crippen LogP contribution in [0.2, 0.25) is 5.02 Å². The van der Waals surface area contributed by atoms with Crippen molar-refractivity contribution in [3.63, 3.8) is 0 Å². The lowest BCUT2D eigenvalue weighted by Crippen LogP contribution is -2.44. The van der Waals surface area contributed by atoms with Crippen molar-refractivity contribution in [3.05, 3.63) is 64.7 Å². The Bertz CT molecular complexity index is 951. The van der Waals surface area contributed by atoms with Crippen LogP contribution in [0.4, 0.5) is 24.5 Å². The molecule has 1 aliphatic heterocycles. The second-order valence-corrected chi connectivity index (χ2v) is 7.72. The summed E-state index contributed by atoms with van der Waals surface area (Å²) in [7, 11) is 1.98. The molecule has 0 saturated carbocycles. The Labute approximate surface area is 178 Å². The topological polar surface area (TPSA) is 35.6 Å². The zero-order valence-corrected chi connectivity index (χ0v) is 17.5. The number of alkyl halides is 3. The molecule has 0 bridgehead atoms. The molecule has 1 saturated heterocycles. The minimum absolute atomic E-state index is 0.270. The highest BCUT2D eigenvalue weighted by Crippen LogP contribution is 2.37. The van der Waals surface area contributed by atoms with E-state index in [1.807, 2.05) is 11.9 Å². The Hall–Kier alpha value is -2.51. The minimum Gasteiger partial charge on any atom is -0.369 e. The Morgan fingerprint density at radius 2 is 1.77 bits per heavy atom. The van der Waals surface area contributed by atoms with Crippen molar-refractivity contribution in [2.75, 3.05) is 43.4 Å². The molecule has 1 amide bonds. The van der Waals surface area contributed by atoms with Gasteiger partial charge in [-0.1, -0.05) is 29.8 Å². The number of piperazine rings is 1. The summed E-state index contributed by atoms with van der Waals surface area (Å²) in [4.78, 5) is 16.4. The van der Waals surface area contributed by atoms with Crippen LogP contribution in [0.25, 0.3) is 5.57 Å². The highest BCUT2D eigenvalue weighted by Gasteiger charge is 2.34. The first-order valence-corrected chi connectivity index (χ1v) is 9.92. The fraction of sp³-hybridized carbons (Fsp3) is 0.318. The van der Waals surface area contributed by atoms with Gasteiger partial charge in [-0.2, -0.15) is 13.2 Å². The third-order valence-electron chi connectivity index (χ3n) is 5.08. The van der Waals surface area contributed by atoms with Crippen molar-refractivity contribution in [2.24, 2.45) is 0 Å². The number of halogens is 4. The molecule has 1 N–H and O–H groups in total. The highest BCUT2D eigenvalue weighted by atomic mass is 35.5. The van der Waals surface area contributed by atoms with E-state index in [1.165, 1.54) is 12.1 Å². The van der Waals surface area contributed by atoms with Crippen LogP contribution in [0.5, 0.6) is 0 Å². The van der Waals surface area contributed by atoms with Gasteiger partial charge in [0.05, 0.1) is 11.3 Å². The van der Waals surface area contributed by atoms with Crippen molar-refractivity contribution in [3.8, 4) is 0 Å². The molecule has 0 aliphatic carbocycles. The summed E-state index contributed by atoms with van der Waals surface area (Å²) >= 11 is 6.12. The van der Waals surface area contributed by atoms with E-state index in [0.717, 1.165) is 19.2 Å². The van der Waals surface area contributed by atoms with Crippen molar-refractivity contribution in [1.82, 2.24) is 4.90 Å². The van der Waals surface area contributed by atoms with Gasteiger partial charge in [0.2, 0.25) is 5.91 Å². The van der Waals surface area contributed by atoms with Crippen LogP contribution in [0.3, 0.4) is 0 Å². The number of benzene rings is 2. The standard InChI is InChI=1S/C22H23ClF3N3O/c1-15(17-5-3-4-6-19(17)23)13-21(30)27-20-8-7-16(14-18(20)22(24,25)26)29-11-9-28(2)10-12-29/h3-8,13-14H,9-12H2,1-2H3,(H,27,30)/b15-13-. The third kappa shape index (κ3) is 5.34. The Kier molecular flexibility index (Phi) is 6.73. The largest absolute Gasteiger partial charge is 0.418 e. The summed E-state index contributed by atoms with van der Waals surface area (Å²) in [6.45, 7) is 4.55. The molecule has 4 nitrogen and oxygen atoms in total. The van der Waals surface area contributed by atoms with E-state index >= 15 is 0 Å². The van der Waals surface area contributed by atoms with Crippen LogP contribution >= 0.6 is 11.6 Å². The molecule has 3 rings (SSSR count). The first kappa shape index (κ1) is 22.2. The lowest BCUT2D eigenvalue weighted by Gasteiger charge is -2.34. The van der Waals surface area contributed by atoms with Crippen LogP contribution in [-0.4, -0.2) is 44.0 Å². The Morgan fingerprint density at radius 3 is 2.40 bits per heavy atom. The molecule has 0 radical (unpaired) electrons. The quantitative estimate of drug-likeness (QED) is 0.672. The van der Waals surface area contributed by atoms with Gasteiger partial charge in [-0.25, -0.2) is 0 Å². The van der Waals surface area contributed by atoms with Gasteiger partial charge in [0.1, 0.15) is 0 Å². The van der Waals surface area contributed by atoms with Gasteiger partial charge in [0.15, 0.2) is 0 Å². The maximum Gasteiger partial charge on any atom is 0.418 e. The summed E-state index contributed by atoms with van der Waals surface area (Å²) in [5.74, 6) is -0.648. The minimum atomic E-state index is -4.59. The fourth-order valence-electron chi connectivity index (χ4n) is 3.36. The lowest BCUT2D eigenvalue weighted by molar-refractivity contribution is -0.136. The average molecular weight is 438 g/mol. The summed E-state index contributed by atoms with van der Waals surface area (Å²) in [6.07, 6.45) is -3.34. The molecule has 160 valence electrons. The van der Waals surface area contributed by atoms with Gasteiger partial charge in [0.25, 0.3) is 0 Å². The number of nitrogens with zero attached hydrogens (tertiary/aromatic N) is 2. The zero-order valence-electron chi connectivity index (χ0n) is 16.8. The van der Waals surface area contributed by atoms with E-state index in [-0.39, 0.29) is 5.69 Å². The monoisotopic (exact) mass is 437 g/mol. The van der Waals surface area contributed by atoms with Gasteiger partial charge in [0, 0.05) is 43.0 Å². The van der Waals surface area contributed by atoms with Gasteiger partial charge >= 0.3 is 6.18 Å². The fourth-order valence-corrected chi connectivity index (χ4v) is 3.65. The molecule has 1 aliphatic rings. The maximum absolute atomic E-state index is 13.7. The molecule has 0 aromatic heterocycles. The van der Waals surface area contributed by atoms with Crippen LogP contribution in [0, 0.1) is 0 Å². The third-order valence-corrected chi connectivity index (χ3v) is 5.41. The van der Waals surface area contributed by atoms with E-state index in [2.05, 4.69) is 10.2 Å². The number of allylic oxidation sites excluding steroid dienone is 1. The van der Waals surface area contributed by atoms with E-state index in [9.17, 15) is 18.0 Å². The van der Waals surface area contributed by atoms with Crippen LogP contribution in [0.15, 0.2) is 48.5 Å². The van der Waals surface area contributed by atoms with Crippen molar-refractivity contribution >= 4 is 34.5 Å². The van der Waals surface area contributed by atoms with E-state index in [4.69, 9.17) is 11.6 Å². The number of hydrogen-bond donors (Lipinski definition) is 1. The predicted molar refractivity (Wildman–Crippen MR) is 115 cm³/mol. The first-order valence-electron chi connectivity index (χ1n) is 9.54. The molecule has 1 heterocycles. The summed E-state index contributed by atoms with van der Waals surface area (Å²) in [5, 5.41) is 2.83. The number of hydrogen-bond acceptors (Lipinski definition) is 3.